The Morgan fingerprint density at radius 2 is 1.49 bits per heavy atom. The van der Waals surface area contributed by atoms with Gasteiger partial charge in [-0.2, -0.15) is 11.2 Å². The predicted molar refractivity (Wildman–Crippen MR) is 216 cm³/mol. The molecular formula is C47H50N4OPd. The van der Waals surface area contributed by atoms with Crippen LogP contribution in [0.15, 0.2) is 79.0 Å². The standard InChI is InChI=1S/C47H50N4O.Pd/c1-10-15-40-46(45-31(5)23-30(4)24-32(45)6)42(16-11-2)51(49-40)35-26-34(47(7,8)9)27-37(28-35)52-36-19-20-39-38-17-13-14-18-41(38)50(43(39)29-36)44-25-33(12-3)21-22-48-44;/h13-14,17-27H,10-12,15-16H2,1-9H3;/q-2;+2. The van der Waals surface area contributed by atoms with E-state index >= 15 is 0 Å². The van der Waals surface area contributed by atoms with Gasteiger partial charge in [0.15, 0.2) is 0 Å². The van der Waals surface area contributed by atoms with Gasteiger partial charge in [0.05, 0.1) is 5.69 Å². The van der Waals surface area contributed by atoms with Gasteiger partial charge in [0.2, 0.25) is 0 Å². The minimum atomic E-state index is -0.130. The Morgan fingerprint density at radius 3 is 2.19 bits per heavy atom. The third kappa shape index (κ3) is 7.37. The summed E-state index contributed by atoms with van der Waals surface area (Å²) < 4.78 is 11.1. The monoisotopic (exact) mass is 792 g/mol. The Labute approximate surface area is 329 Å². The quantitative estimate of drug-likeness (QED) is 0.102. The number of pyridine rings is 1. The Hall–Kier alpha value is -4.50. The van der Waals surface area contributed by atoms with Crippen molar-refractivity contribution in [1.29, 1.82) is 0 Å². The van der Waals surface area contributed by atoms with E-state index in [1.807, 2.05) is 12.3 Å². The summed E-state index contributed by atoms with van der Waals surface area (Å²) in [5.41, 5.74) is 14.0. The van der Waals surface area contributed by atoms with Gasteiger partial charge < -0.3 is 9.30 Å². The maximum atomic E-state index is 6.75. The second-order valence-electron chi connectivity index (χ2n) is 15.2. The van der Waals surface area contributed by atoms with Gasteiger partial charge in [-0.1, -0.05) is 95.8 Å². The van der Waals surface area contributed by atoms with Crippen LogP contribution >= 0.6 is 0 Å². The first-order valence-electron chi connectivity index (χ1n) is 18.9. The zero-order chi connectivity index (χ0) is 36.7. The summed E-state index contributed by atoms with van der Waals surface area (Å²) in [5.74, 6) is 2.15. The molecule has 3 heterocycles. The van der Waals surface area contributed by atoms with Crippen molar-refractivity contribution in [1.82, 2.24) is 19.3 Å². The molecule has 0 fully saturated rings. The van der Waals surface area contributed by atoms with Crippen LogP contribution in [0.4, 0.5) is 0 Å². The number of rotatable bonds is 10. The number of hydrogen-bond donors (Lipinski definition) is 0. The zero-order valence-corrected chi connectivity index (χ0v) is 34.1. The molecule has 0 N–H and O–H groups in total. The maximum Gasteiger partial charge on any atom is 2.00 e. The van der Waals surface area contributed by atoms with Gasteiger partial charge in [0, 0.05) is 34.5 Å². The van der Waals surface area contributed by atoms with E-state index < -0.39 is 0 Å². The third-order valence-corrected chi connectivity index (χ3v) is 10.1. The fourth-order valence-corrected chi connectivity index (χ4v) is 7.67. The van der Waals surface area contributed by atoms with Gasteiger partial charge in [0.25, 0.3) is 0 Å². The first-order valence-corrected chi connectivity index (χ1v) is 18.9. The van der Waals surface area contributed by atoms with Crippen molar-refractivity contribution in [2.75, 3.05) is 0 Å². The van der Waals surface area contributed by atoms with Crippen LogP contribution in [0, 0.1) is 32.9 Å². The Balaban J connectivity index is 0.00000481. The molecule has 3 aromatic heterocycles. The van der Waals surface area contributed by atoms with Gasteiger partial charge in [-0.05, 0) is 97.0 Å². The number of ether oxygens (including phenoxy) is 1. The van der Waals surface area contributed by atoms with Crippen molar-refractivity contribution in [2.24, 2.45) is 0 Å². The molecule has 0 saturated carbocycles. The number of aromatic nitrogens is 4. The molecule has 4 aromatic carbocycles. The number of para-hydroxylation sites is 1. The second-order valence-corrected chi connectivity index (χ2v) is 15.2. The summed E-state index contributed by atoms with van der Waals surface area (Å²) in [7, 11) is 0. The molecule has 0 saturated heterocycles. The molecule has 7 aromatic rings. The van der Waals surface area contributed by atoms with Crippen molar-refractivity contribution in [3.8, 4) is 34.1 Å². The van der Waals surface area contributed by atoms with Crippen molar-refractivity contribution in [3.05, 3.63) is 130 Å². The fourth-order valence-electron chi connectivity index (χ4n) is 7.67. The molecule has 0 bridgehead atoms. The molecule has 0 radical (unpaired) electrons. The van der Waals surface area contributed by atoms with E-state index in [0.29, 0.717) is 11.5 Å². The van der Waals surface area contributed by atoms with Gasteiger partial charge in [-0.15, -0.1) is 41.3 Å². The molecule has 0 unspecified atom stereocenters. The maximum absolute atomic E-state index is 6.75. The van der Waals surface area contributed by atoms with Crippen molar-refractivity contribution < 1.29 is 25.2 Å². The summed E-state index contributed by atoms with van der Waals surface area (Å²) >= 11 is 0. The molecule has 0 atom stereocenters. The van der Waals surface area contributed by atoms with E-state index in [-0.39, 0.29) is 25.8 Å². The third-order valence-electron chi connectivity index (χ3n) is 10.1. The van der Waals surface area contributed by atoms with Crippen LogP contribution in [-0.4, -0.2) is 19.3 Å². The van der Waals surface area contributed by atoms with E-state index in [2.05, 4.69) is 150 Å². The molecule has 0 spiro atoms. The fraction of sp³-hybridized carbons (Fsp3) is 0.319. The van der Waals surface area contributed by atoms with Crippen LogP contribution in [0.5, 0.6) is 11.5 Å². The normalized spacial score (nSPS) is 11.7. The first-order chi connectivity index (χ1) is 25.0. The molecule has 274 valence electrons. The summed E-state index contributed by atoms with van der Waals surface area (Å²) in [4.78, 5) is 4.80. The summed E-state index contributed by atoms with van der Waals surface area (Å²) in [5, 5.41) is 7.65. The van der Waals surface area contributed by atoms with E-state index in [0.717, 1.165) is 76.7 Å². The van der Waals surface area contributed by atoms with Gasteiger partial charge in [-0.25, -0.2) is 4.98 Å². The van der Waals surface area contributed by atoms with Gasteiger partial charge in [0.1, 0.15) is 5.82 Å². The SMILES string of the molecule is CCCc1nn(-c2[c-]c(Oc3[c-]c4c(cc3)c3ccccc3n4-c3cc(CC)ccn3)cc(C(C)(C)C)c2)c(CCC)c1-c1c(C)cc(C)cc1C.[Pd+2]. The van der Waals surface area contributed by atoms with Crippen molar-refractivity contribution in [3.63, 3.8) is 0 Å². The predicted octanol–water partition coefficient (Wildman–Crippen LogP) is 12.1. The molecule has 0 aliphatic carbocycles. The zero-order valence-electron chi connectivity index (χ0n) is 32.6. The number of benzene rings is 4. The van der Waals surface area contributed by atoms with Crippen LogP contribution < -0.4 is 4.74 Å². The van der Waals surface area contributed by atoms with Crippen LogP contribution in [-0.2, 0) is 45.1 Å². The van der Waals surface area contributed by atoms with Crippen LogP contribution in [0.3, 0.4) is 0 Å². The molecular weight excluding hydrogens is 743 g/mol. The van der Waals surface area contributed by atoms with Crippen LogP contribution in [0.25, 0.3) is 44.4 Å². The Bertz CT molecular complexity index is 2400. The van der Waals surface area contributed by atoms with Crippen LogP contribution in [0.2, 0.25) is 0 Å². The summed E-state index contributed by atoms with van der Waals surface area (Å²) in [6.45, 7) is 20.0. The molecule has 0 amide bonds. The number of nitrogens with zero attached hydrogens (tertiary/aromatic N) is 4. The average molecular weight is 793 g/mol. The molecule has 53 heavy (non-hydrogen) atoms. The summed E-state index contributed by atoms with van der Waals surface area (Å²) in [6.07, 6.45) is 6.68. The topological polar surface area (TPSA) is 44.9 Å². The minimum Gasteiger partial charge on any atom is -0.509 e. The molecule has 0 aliphatic rings. The Morgan fingerprint density at radius 1 is 0.755 bits per heavy atom. The molecule has 0 aliphatic heterocycles. The van der Waals surface area contributed by atoms with Gasteiger partial charge >= 0.3 is 20.4 Å². The molecule has 6 heteroatoms. The van der Waals surface area contributed by atoms with Crippen molar-refractivity contribution in [2.45, 2.75) is 99.8 Å². The van der Waals surface area contributed by atoms with E-state index in [1.54, 1.807) is 0 Å². The number of hydrogen-bond acceptors (Lipinski definition) is 3. The largest absolute Gasteiger partial charge is 2.00 e. The van der Waals surface area contributed by atoms with E-state index in [1.165, 1.54) is 39.1 Å². The summed E-state index contributed by atoms with van der Waals surface area (Å²) in [6, 6.07) is 33.1. The van der Waals surface area contributed by atoms with Crippen LogP contribution in [0.1, 0.15) is 93.6 Å². The van der Waals surface area contributed by atoms with E-state index in [9.17, 15) is 0 Å². The van der Waals surface area contributed by atoms with Gasteiger partial charge in [-0.3, -0.25) is 4.68 Å². The Kier molecular flexibility index (Phi) is 11.2. The molecule has 5 nitrogen and oxygen atoms in total. The number of fused-ring (bicyclic) bond motifs is 3. The first kappa shape index (κ1) is 38.2. The average Bonchev–Trinajstić information content (AvgIpc) is 3.62. The van der Waals surface area contributed by atoms with Crippen molar-refractivity contribution >= 4 is 21.8 Å². The van der Waals surface area contributed by atoms with E-state index in [4.69, 9.17) is 14.8 Å². The smallest absolute Gasteiger partial charge is 0.509 e. The minimum absolute atomic E-state index is 0. The number of aryl methyl sites for hydroxylation is 5. The molecule has 7 rings (SSSR count). The second kappa shape index (κ2) is 15.5.